The highest BCUT2D eigenvalue weighted by Crippen LogP contribution is 2.32. The maximum atomic E-state index is 12.9. The van der Waals surface area contributed by atoms with Gasteiger partial charge in [-0.3, -0.25) is 9.59 Å². The largest absolute Gasteiger partial charge is 0.481 e. The normalized spacial score (nSPS) is 12.3. The average Bonchev–Trinajstić information content (AvgIpc) is 2.92. The zero-order valence-electron chi connectivity index (χ0n) is 12.6. The van der Waals surface area contributed by atoms with Crippen molar-refractivity contribution in [3.8, 4) is 0 Å². The second-order valence-electron chi connectivity index (χ2n) is 5.50. The zero-order valence-corrected chi connectivity index (χ0v) is 15.0. The maximum Gasteiger partial charge on any atom is 0.310 e. The van der Waals surface area contributed by atoms with Gasteiger partial charge in [-0.15, -0.1) is 0 Å². The molecule has 1 heterocycles. The lowest BCUT2D eigenvalue weighted by Crippen LogP contribution is -2.12. The summed E-state index contributed by atoms with van der Waals surface area (Å²) in [5.74, 6) is -2.07. The van der Waals surface area contributed by atoms with Crippen LogP contribution < -0.4 is 0 Å². The predicted octanol–water partition coefficient (Wildman–Crippen LogP) is 5.00. The number of carboxylic acids is 1. The van der Waals surface area contributed by atoms with Gasteiger partial charge in [-0.1, -0.05) is 33.6 Å². The summed E-state index contributed by atoms with van der Waals surface area (Å²) in [6, 6.07) is 12.0. The van der Waals surface area contributed by atoms with Crippen LogP contribution in [0.5, 0.6) is 0 Å². The lowest BCUT2D eigenvalue weighted by molar-refractivity contribution is -0.138. The van der Waals surface area contributed by atoms with Crippen molar-refractivity contribution in [3.63, 3.8) is 0 Å². The smallest absolute Gasteiger partial charge is 0.310 e. The van der Waals surface area contributed by atoms with Crippen LogP contribution in [0.25, 0.3) is 10.9 Å². The number of halogens is 2. The molecular formula is C18H13BrClNO3. The van der Waals surface area contributed by atoms with E-state index in [2.05, 4.69) is 20.9 Å². The third-order valence-corrected chi connectivity index (χ3v) is 4.70. The second kappa shape index (κ2) is 6.42. The summed E-state index contributed by atoms with van der Waals surface area (Å²) in [6.45, 7) is 1.57. The molecule has 0 aliphatic carbocycles. The van der Waals surface area contributed by atoms with E-state index in [9.17, 15) is 14.7 Å². The first-order valence-electron chi connectivity index (χ1n) is 7.22. The van der Waals surface area contributed by atoms with Gasteiger partial charge in [0, 0.05) is 31.5 Å². The minimum absolute atomic E-state index is 0.252. The first kappa shape index (κ1) is 16.7. The van der Waals surface area contributed by atoms with Crippen molar-refractivity contribution in [1.29, 1.82) is 0 Å². The first-order chi connectivity index (χ1) is 11.4. The summed E-state index contributed by atoms with van der Waals surface area (Å²) >= 11 is 9.34. The number of aliphatic carboxylic acids is 1. The number of carbonyl (C=O) groups is 2. The van der Waals surface area contributed by atoms with Gasteiger partial charge in [-0.05, 0) is 43.3 Å². The number of benzene rings is 2. The van der Waals surface area contributed by atoms with Gasteiger partial charge in [0.05, 0.1) is 11.6 Å². The number of hydrogen-bond acceptors (Lipinski definition) is 2. The number of rotatable bonds is 4. The summed E-state index contributed by atoms with van der Waals surface area (Å²) < 4.78 is 0.863. The van der Waals surface area contributed by atoms with Crippen molar-refractivity contribution in [2.24, 2.45) is 0 Å². The van der Waals surface area contributed by atoms with Crippen molar-refractivity contribution >= 4 is 50.2 Å². The molecule has 0 spiro atoms. The Morgan fingerprint density at radius 2 is 1.83 bits per heavy atom. The van der Waals surface area contributed by atoms with Crippen LogP contribution in [0.3, 0.4) is 0 Å². The number of nitrogens with one attached hydrogen (secondary N) is 1. The summed E-state index contributed by atoms with van der Waals surface area (Å²) in [7, 11) is 0. The van der Waals surface area contributed by atoms with Gasteiger partial charge < -0.3 is 10.1 Å². The molecule has 0 aliphatic heterocycles. The van der Waals surface area contributed by atoms with Crippen LogP contribution in [-0.4, -0.2) is 21.8 Å². The summed E-state index contributed by atoms with van der Waals surface area (Å²) in [5, 5.41) is 10.6. The van der Waals surface area contributed by atoms with E-state index in [-0.39, 0.29) is 11.5 Å². The molecule has 0 saturated carbocycles. The number of ketones is 1. The third kappa shape index (κ3) is 2.97. The first-order valence-corrected chi connectivity index (χ1v) is 8.39. The van der Waals surface area contributed by atoms with Crippen LogP contribution in [0, 0.1) is 0 Å². The zero-order chi connectivity index (χ0) is 17.4. The molecule has 3 aromatic rings. The fraction of sp³-hybridized carbons (Fsp3) is 0.111. The Labute approximate surface area is 151 Å². The van der Waals surface area contributed by atoms with Gasteiger partial charge in [0.25, 0.3) is 0 Å². The molecule has 24 heavy (non-hydrogen) atoms. The Hall–Kier alpha value is -2.11. The summed E-state index contributed by atoms with van der Waals surface area (Å²) in [5.41, 5.74) is 1.88. The van der Waals surface area contributed by atoms with Crippen LogP contribution >= 0.6 is 27.5 Å². The van der Waals surface area contributed by atoms with E-state index in [1.807, 2.05) is 0 Å². The molecule has 0 bridgehead atoms. The molecule has 0 radical (unpaired) electrons. The fourth-order valence-electron chi connectivity index (χ4n) is 2.69. The molecule has 1 atom stereocenters. The molecule has 3 rings (SSSR count). The third-order valence-electron chi connectivity index (χ3n) is 3.94. The Morgan fingerprint density at radius 3 is 2.46 bits per heavy atom. The molecule has 2 aromatic carbocycles. The van der Waals surface area contributed by atoms with E-state index in [1.165, 1.54) is 0 Å². The average molecular weight is 407 g/mol. The quantitative estimate of drug-likeness (QED) is 0.599. The van der Waals surface area contributed by atoms with Crippen molar-refractivity contribution in [3.05, 3.63) is 68.8 Å². The van der Waals surface area contributed by atoms with E-state index >= 15 is 0 Å². The molecule has 0 aliphatic rings. The van der Waals surface area contributed by atoms with Crippen molar-refractivity contribution in [2.75, 3.05) is 0 Å². The molecular weight excluding hydrogens is 394 g/mol. The lowest BCUT2D eigenvalue weighted by atomic mass is 9.94. The van der Waals surface area contributed by atoms with E-state index in [1.54, 1.807) is 49.4 Å². The highest BCUT2D eigenvalue weighted by Gasteiger charge is 2.26. The number of carboxylic acid groups (broad SMARTS) is 1. The van der Waals surface area contributed by atoms with Crippen molar-refractivity contribution in [2.45, 2.75) is 12.8 Å². The molecule has 0 fully saturated rings. The monoisotopic (exact) mass is 405 g/mol. The Bertz CT molecular complexity index is 947. The number of aromatic amines is 1. The second-order valence-corrected chi connectivity index (χ2v) is 6.85. The van der Waals surface area contributed by atoms with Gasteiger partial charge >= 0.3 is 5.97 Å². The molecule has 4 nitrogen and oxygen atoms in total. The summed E-state index contributed by atoms with van der Waals surface area (Å²) in [6.07, 6.45) is 0. The molecule has 1 aromatic heterocycles. The highest BCUT2D eigenvalue weighted by atomic mass is 79.9. The molecule has 0 amide bonds. The number of fused-ring (bicyclic) bond motifs is 1. The van der Waals surface area contributed by atoms with Gasteiger partial charge in [-0.2, -0.15) is 0 Å². The summed E-state index contributed by atoms with van der Waals surface area (Å²) in [4.78, 5) is 27.4. The van der Waals surface area contributed by atoms with Gasteiger partial charge in [-0.25, -0.2) is 0 Å². The van der Waals surface area contributed by atoms with Crippen LogP contribution in [0.15, 0.2) is 46.9 Å². The van der Waals surface area contributed by atoms with E-state index in [0.29, 0.717) is 27.1 Å². The van der Waals surface area contributed by atoms with Crippen LogP contribution in [-0.2, 0) is 4.79 Å². The van der Waals surface area contributed by atoms with Gasteiger partial charge in [0.1, 0.15) is 0 Å². The Kier molecular flexibility index (Phi) is 4.47. The predicted molar refractivity (Wildman–Crippen MR) is 96.9 cm³/mol. The topological polar surface area (TPSA) is 70.2 Å². The molecule has 122 valence electrons. The number of carbonyl (C=O) groups excluding carboxylic acids is 1. The van der Waals surface area contributed by atoms with Gasteiger partial charge in [0.15, 0.2) is 0 Å². The number of H-pyrrole nitrogens is 1. The number of aromatic nitrogens is 1. The van der Waals surface area contributed by atoms with Crippen LogP contribution in [0.1, 0.15) is 34.5 Å². The Morgan fingerprint density at radius 1 is 1.17 bits per heavy atom. The maximum absolute atomic E-state index is 12.9. The minimum atomic E-state index is -0.990. The van der Waals surface area contributed by atoms with E-state index in [0.717, 1.165) is 4.47 Å². The molecule has 2 N–H and O–H groups in total. The molecule has 6 heteroatoms. The SMILES string of the molecule is CC(C(=O)O)c1c(C(=O)c2ccc(Br)cc2)[nH]c2cc(Cl)ccc12. The Balaban J connectivity index is 2.22. The van der Waals surface area contributed by atoms with Crippen molar-refractivity contribution in [1.82, 2.24) is 4.98 Å². The van der Waals surface area contributed by atoms with Crippen molar-refractivity contribution < 1.29 is 14.7 Å². The van der Waals surface area contributed by atoms with Gasteiger partial charge in [0.2, 0.25) is 5.78 Å². The van der Waals surface area contributed by atoms with Crippen LogP contribution in [0.2, 0.25) is 5.02 Å². The molecule has 1 unspecified atom stereocenters. The number of hydrogen-bond donors (Lipinski definition) is 2. The standard InChI is InChI=1S/C18H13BrClNO3/c1-9(18(23)24)15-13-7-6-12(20)8-14(13)21-16(15)17(22)10-2-4-11(19)5-3-10/h2-9,21H,1H3,(H,23,24). The van der Waals surface area contributed by atoms with E-state index < -0.39 is 11.9 Å². The van der Waals surface area contributed by atoms with Crippen LogP contribution in [0.4, 0.5) is 0 Å². The lowest BCUT2D eigenvalue weighted by Gasteiger charge is -2.09. The molecule has 0 saturated heterocycles. The minimum Gasteiger partial charge on any atom is -0.481 e. The fourth-order valence-corrected chi connectivity index (χ4v) is 3.13. The highest BCUT2D eigenvalue weighted by molar-refractivity contribution is 9.10. The van der Waals surface area contributed by atoms with E-state index in [4.69, 9.17) is 11.6 Å².